The van der Waals surface area contributed by atoms with E-state index >= 15 is 0 Å². The summed E-state index contributed by atoms with van der Waals surface area (Å²) in [5, 5.41) is 16.1. The van der Waals surface area contributed by atoms with Crippen molar-refractivity contribution >= 4 is 41.5 Å². The largest absolute Gasteiger partial charge is 0.353 e. The maximum atomic E-state index is 12.8. The van der Waals surface area contributed by atoms with E-state index in [-0.39, 0.29) is 29.9 Å². The highest BCUT2D eigenvalue weighted by Crippen LogP contribution is 2.19. The first-order chi connectivity index (χ1) is 14.0. The molecule has 0 atom stereocenters. The predicted molar refractivity (Wildman–Crippen MR) is 125 cm³/mol. The van der Waals surface area contributed by atoms with Gasteiger partial charge in [-0.05, 0) is 19.8 Å². The fourth-order valence-electron chi connectivity index (χ4n) is 3.90. The lowest BCUT2D eigenvalue weighted by Gasteiger charge is -2.36. The minimum Gasteiger partial charge on any atom is -0.353 e. The first kappa shape index (κ1) is 22.5. The number of aromatic nitrogens is 5. The topological polar surface area (TPSA) is 96.5 Å². The lowest BCUT2D eigenvalue weighted by Crippen LogP contribution is -2.56. The van der Waals surface area contributed by atoms with Crippen molar-refractivity contribution in [3.63, 3.8) is 0 Å². The van der Waals surface area contributed by atoms with E-state index in [9.17, 15) is 4.79 Å². The molecule has 1 aliphatic heterocycles. The maximum absolute atomic E-state index is 12.8. The molecule has 1 amide bonds. The number of nitrogens with one attached hydrogen (secondary N) is 1. The fraction of sp³-hybridized carbons (Fsp3) is 0.632. The van der Waals surface area contributed by atoms with Gasteiger partial charge in [-0.3, -0.25) is 9.48 Å². The quantitative estimate of drug-likeness (QED) is 0.365. The number of guanidine groups is 1. The standard InChI is InChI=1S/C19H29N9O.HI/c1-14-23-24-17(26(14)3)11-20-19(22-15-6-4-5-7-15)27-8-9-28(18(29)13-27)16-10-21-25(2)12-16;/h10,12,15H,4-9,11,13H2,1-3H3,(H,20,22);1H. The first-order valence-electron chi connectivity index (χ1n) is 10.2. The Bertz CT molecular complexity index is 900. The summed E-state index contributed by atoms with van der Waals surface area (Å²) in [4.78, 5) is 21.5. The van der Waals surface area contributed by atoms with Crippen LogP contribution in [0.2, 0.25) is 0 Å². The van der Waals surface area contributed by atoms with Gasteiger partial charge in [0.25, 0.3) is 0 Å². The maximum Gasteiger partial charge on any atom is 0.246 e. The van der Waals surface area contributed by atoms with E-state index in [1.54, 1.807) is 15.8 Å². The van der Waals surface area contributed by atoms with E-state index in [0.717, 1.165) is 42.7 Å². The lowest BCUT2D eigenvalue weighted by atomic mass is 10.2. The van der Waals surface area contributed by atoms with Crippen LogP contribution in [-0.4, -0.2) is 67.0 Å². The number of anilines is 1. The molecular weight excluding hydrogens is 497 g/mol. The summed E-state index contributed by atoms with van der Waals surface area (Å²) in [6.07, 6.45) is 8.37. The molecule has 2 aromatic heterocycles. The highest BCUT2D eigenvalue weighted by atomic mass is 127. The third kappa shape index (κ3) is 4.93. The zero-order valence-corrected chi connectivity index (χ0v) is 20.1. The Kier molecular flexibility index (Phi) is 7.32. The number of piperazine rings is 1. The molecule has 3 heterocycles. The number of nitrogens with zero attached hydrogens (tertiary/aromatic N) is 8. The van der Waals surface area contributed by atoms with Crippen molar-refractivity contribution in [1.29, 1.82) is 0 Å². The molecule has 164 valence electrons. The third-order valence-corrected chi connectivity index (χ3v) is 5.76. The van der Waals surface area contributed by atoms with Gasteiger partial charge < -0.3 is 19.7 Å². The van der Waals surface area contributed by atoms with Crippen LogP contribution in [0.1, 0.15) is 37.3 Å². The Morgan fingerprint density at radius 3 is 2.60 bits per heavy atom. The lowest BCUT2D eigenvalue weighted by molar-refractivity contribution is -0.120. The molecule has 0 radical (unpaired) electrons. The molecule has 1 aliphatic carbocycles. The van der Waals surface area contributed by atoms with Crippen LogP contribution in [0, 0.1) is 6.92 Å². The van der Waals surface area contributed by atoms with Crippen LogP contribution in [0.25, 0.3) is 0 Å². The second-order valence-electron chi connectivity index (χ2n) is 7.83. The molecule has 2 fully saturated rings. The van der Waals surface area contributed by atoms with Crippen LogP contribution >= 0.6 is 24.0 Å². The molecule has 2 aliphatic rings. The number of aliphatic imine (C=N–C) groups is 1. The van der Waals surface area contributed by atoms with Crippen LogP contribution in [0.5, 0.6) is 0 Å². The number of hydrogen-bond donors (Lipinski definition) is 1. The summed E-state index contributed by atoms with van der Waals surface area (Å²) in [5.41, 5.74) is 0.842. The van der Waals surface area contributed by atoms with Gasteiger partial charge in [-0.25, -0.2) is 4.99 Å². The second-order valence-corrected chi connectivity index (χ2v) is 7.83. The van der Waals surface area contributed by atoms with Crippen molar-refractivity contribution < 1.29 is 4.79 Å². The number of carbonyl (C=O) groups is 1. The number of rotatable bonds is 4. The summed E-state index contributed by atoms with van der Waals surface area (Å²) in [6.45, 7) is 3.99. The Hall–Kier alpha value is -2.18. The average molecular weight is 527 g/mol. The fourth-order valence-corrected chi connectivity index (χ4v) is 3.90. The normalized spacial score (nSPS) is 18.1. The molecule has 1 N–H and O–H groups in total. The van der Waals surface area contributed by atoms with E-state index in [1.165, 1.54) is 12.8 Å². The molecule has 0 unspecified atom stereocenters. The summed E-state index contributed by atoms with van der Waals surface area (Å²) in [5.74, 6) is 2.52. The first-order valence-corrected chi connectivity index (χ1v) is 10.2. The molecule has 1 saturated carbocycles. The Labute approximate surface area is 193 Å². The van der Waals surface area contributed by atoms with Crippen LogP contribution in [0.3, 0.4) is 0 Å². The Morgan fingerprint density at radius 2 is 2.00 bits per heavy atom. The minimum absolute atomic E-state index is 0. The number of halogens is 1. The molecule has 2 aromatic rings. The van der Waals surface area contributed by atoms with Gasteiger partial charge in [-0.2, -0.15) is 5.10 Å². The molecular formula is C19H30IN9O. The molecule has 0 bridgehead atoms. The van der Waals surface area contributed by atoms with E-state index < -0.39 is 0 Å². The molecule has 10 nitrogen and oxygen atoms in total. The monoisotopic (exact) mass is 527 g/mol. The number of hydrogen-bond acceptors (Lipinski definition) is 5. The van der Waals surface area contributed by atoms with Gasteiger partial charge in [0.15, 0.2) is 11.8 Å². The predicted octanol–water partition coefficient (Wildman–Crippen LogP) is 1.21. The average Bonchev–Trinajstić information content (AvgIpc) is 3.43. The third-order valence-electron chi connectivity index (χ3n) is 5.76. The van der Waals surface area contributed by atoms with Crippen molar-refractivity contribution in [2.45, 2.75) is 45.2 Å². The summed E-state index contributed by atoms with van der Waals surface area (Å²) in [7, 11) is 3.80. The van der Waals surface area contributed by atoms with Crippen molar-refractivity contribution in [2.24, 2.45) is 19.1 Å². The van der Waals surface area contributed by atoms with Crippen LogP contribution in [0.15, 0.2) is 17.4 Å². The minimum atomic E-state index is 0. The van der Waals surface area contributed by atoms with Crippen molar-refractivity contribution in [2.75, 3.05) is 24.5 Å². The molecule has 30 heavy (non-hydrogen) atoms. The van der Waals surface area contributed by atoms with E-state index in [4.69, 9.17) is 4.99 Å². The smallest absolute Gasteiger partial charge is 0.246 e. The summed E-state index contributed by atoms with van der Waals surface area (Å²) < 4.78 is 3.66. The molecule has 0 spiro atoms. The van der Waals surface area contributed by atoms with E-state index in [0.29, 0.717) is 25.7 Å². The van der Waals surface area contributed by atoms with Crippen molar-refractivity contribution in [3.05, 3.63) is 24.0 Å². The highest BCUT2D eigenvalue weighted by molar-refractivity contribution is 14.0. The van der Waals surface area contributed by atoms with E-state index in [2.05, 4.69) is 25.5 Å². The van der Waals surface area contributed by atoms with Crippen molar-refractivity contribution in [3.8, 4) is 0 Å². The number of amides is 1. The van der Waals surface area contributed by atoms with Gasteiger partial charge in [-0.15, -0.1) is 34.2 Å². The summed E-state index contributed by atoms with van der Waals surface area (Å²) in [6, 6.07) is 0.418. The van der Waals surface area contributed by atoms with Crippen molar-refractivity contribution in [1.82, 2.24) is 34.8 Å². The van der Waals surface area contributed by atoms with E-state index in [1.807, 2.05) is 31.8 Å². The zero-order chi connectivity index (χ0) is 20.4. The zero-order valence-electron chi connectivity index (χ0n) is 17.8. The Morgan fingerprint density at radius 1 is 1.23 bits per heavy atom. The molecule has 0 aromatic carbocycles. The van der Waals surface area contributed by atoms with Crippen LogP contribution in [0.4, 0.5) is 5.69 Å². The van der Waals surface area contributed by atoms with Gasteiger partial charge in [0, 0.05) is 39.4 Å². The molecule has 1 saturated heterocycles. The van der Waals surface area contributed by atoms with Crippen LogP contribution in [-0.2, 0) is 25.4 Å². The van der Waals surface area contributed by atoms with Gasteiger partial charge >= 0.3 is 0 Å². The molecule has 11 heteroatoms. The van der Waals surface area contributed by atoms with Gasteiger partial charge in [-0.1, -0.05) is 12.8 Å². The van der Waals surface area contributed by atoms with Gasteiger partial charge in [0.1, 0.15) is 18.9 Å². The Balaban J connectivity index is 0.00000256. The van der Waals surface area contributed by atoms with Gasteiger partial charge in [0.2, 0.25) is 5.91 Å². The number of carbonyl (C=O) groups excluding carboxylic acids is 1. The summed E-state index contributed by atoms with van der Waals surface area (Å²) >= 11 is 0. The van der Waals surface area contributed by atoms with Crippen LogP contribution < -0.4 is 10.2 Å². The molecule has 4 rings (SSSR count). The van der Waals surface area contributed by atoms with Gasteiger partial charge in [0.05, 0.1) is 11.9 Å². The second kappa shape index (κ2) is 9.75. The SMILES string of the molecule is Cc1nnc(CN=C(NC2CCCC2)N2CCN(c3cnn(C)c3)C(=O)C2)n1C.I. The number of aryl methyl sites for hydroxylation is 2. The highest BCUT2D eigenvalue weighted by Gasteiger charge is 2.29.